The number of pyridine rings is 1. The Hall–Kier alpha value is -4.28. The van der Waals surface area contributed by atoms with Gasteiger partial charge in [0.25, 0.3) is 5.91 Å². The summed E-state index contributed by atoms with van der Waals surface area (Å²) in [5, 5.41) is 10.9. The van der Waals surface area contributed by atoms with Crippen LogP contribution in [0.3, 0.4) is 0 Å². The van der Waals surface area contributed by atoms with Crippen LogP contribution in [0.2, 0.25) is 0 Å². The Labute approximate surface area is 193 Å². The minimum Gasteiger partial charge on any atom is -0.453 e. The molecule has 4 aromatic rings. The van der Waals surface area contributed by atoms with E-state index in [9.17, 15) is 14.0 Å². The van der Waals surface area contributed by atoms with Crippen LogP contribution >= 0.6 is 0 Å². The first-order valence-corrected chi connectivity index (χ1v) is 10.6. The van der Waals surface area contributed by atoms with Crippen LogP contribution in [0.25, 0.3) is 16.9 Å². The van der Waals surface area contributed by atoms with Gasteiger partial charge in [0.05, 0.1) is 30.3 Å². The van der Waals surface area contributed by atoms with Crippen LogP contribution in [-0.4, -0.2) is 56.9 Å². The molecule has 1 aliphatic rings. The Morgan fingerprint density at radius 1 is 1.24 bits per heavy atom. The number of methoxy groups -OCH3 is 1. The molecule has 1 aromatic carbocycles. The molecule has 11 heteroatoms. The summed E-state index contributed by atoms with van der Waals surface area (Å²) in [6.07, 6.45) is 2.83. The molecule has 1 fully saturated rings. The molecule has 0 saturated carbocycles. The summed E-state index contributed by atoms with van der Waals surface area (Å²) < 4.78 is 26.4. The number of rotatable bonds is 4. The van der Waals surface area contributed by atoms with Crippen LogP contribution in [0.1, 0.15) is 33.3 Å². The number of halogens is 1. The summed E-state index contributed by atoms with van der Waals surface area (Å²) in [6.45, 7) is 4.30. The van der Waals surface area contributed by atoms with Gasteiger partial charge < -0.3 is 19.5 Å². The molecule has 1 saturated heterocycles. The monoisotopic (exact) mass is 464 g/mol. The zero-order valence-electron chi connectivity index (χ0n) is 18.7. The van der Waals surface area contributed by atoms with Crippen LogP contribution in [0.15, 0.2) is 41.2 Å². The van der Waals surface area contributed by atoms with Crippen molar-refractivity contribution in [1.82, 2.24) is 24.7 Å². The maximum Gasteiger partial charge on any atom is 0.409 e. The highest BCUT2D eigenvalue weighted by molar-refractivity contribution is 6.09. The standard InChI is InChI=1S/C23H21FN6O4/c1-12-4-5-30-19(6-12)16(9-25-30)21(31)26-18-8-14(7-17(24)13(18)2)20-27-22(34-28-20)15-10-29(11-15)23(32)33-3/h4-9,15H,10-11H2,1-3H3,(H,26,31). The van der Waals surface area contributed by atoms with Gasteiger partial charge in [-0.25, -0.2) is 13.7 Å². The third kappa shape index (κ3) is 3.74. The van der Waals surface area contributed by atoms with E-state index in [1.54, 1.807) is 23.7 Å². The van der Waals surface area contributed by atoms with E-state index in [2.05, 4.69) is 25.3 Å². The van der Waals surface area contributed by atoms with Gasteiger partial charge in [-0.15, -0.1) is 0 Å². The van der Waals surface area contributed by atoms with Crippen molar-refractivity contribution in [2.45, 2.75) is 19.8 Å². The lowest BCUT2D eigenvalue weighted by Gasteiger charge is -2.35. The number of aromatic nitrogens is 4. The van der Waals surface area contributed by atoms with Crippen molar-refractivity contribution in [2.24, 2.45) is 0 Å². The summed E-state index contributed by atoms with van der Waals surface area (Å²) in [5.74, 6) is -0.508. The molecule has 4 heterocycles. The highest BCUT2D eigenvalue weighted by Crippen LogP contribution is 2.30. The number of ether oxygens (including phenoxy) is 1. The van der Waals surface area contributed by atoms with Gasteiger partial charge in [-0.05, 0) is 43.7 Å². The second kappa shape index (κ2) is 8.25. The lowest BCUT2D eigenvalue weighted by Crippen LogP contribution is -2.48. The first-order valence-electron chi connectivity index (χ1n) is 10.6. The molecule has 0 spiro atoms. The molecule has 0 atom stereocenters. The number of carbonyl (C=O) groups excluding carboxylic acids is 2. The zero-order chi connectivity index (χ0) is 24.0. The summed E-state index contributed by atoms with van der Waals surface area (Å²) in [7, 11) is 1.32. The average molecular weight is 464 g/mol. The van der Waals surface area contributed by atoms with E-state index >= 15 is 0 Å². The molecule has 1 N–H and O–H groups in total. The van der Waals surface area contributed by atoms with Gasteiger partial charge in [0.15, 0.2) is 0 Å². The normalized spacial score (nSPS) is 13.7. The summed E-state index contributed by atoms with van der Waals surface area (Å²) in [4.78, 5) is 30.4. The topological polar surface area (TPSA) is 115 Å². The number of fused-ring (bicyclic) bond motifs is 1. The Kier molecular flexibility index (Phi) is 5.23. The van der Waals surface area contributed by atoms with Gasteiger partial charge in [-0.1, -0.05) is 5.16 Å². The summed E-state index contributed by atoms with van der Waals surface area (Å²) in [5.41, 5.74) is 2.93. The van der Waals surface area contributed by atoms with Gasteiger partial charge in [0, 0.05) is 36.1 Å². The molecule has 1 aliphatic heterocycles. The number of amides is 2. The fraction of sp³-hybridized carbons (Fsp3) is 0.261. The van der Waals surface area contributed by atoms with Crippen LogP contribution in [-0.2, 0) is 4.74 Å². The lowest BCUT2D eigenvalue weighted by atomic mass is 10.0. The van der Waals surface area contributed by atoms with E-state index in [4.69, 9.17) is 4.52 Å². The number of hydrogen-bond donors (Lipinski definition) is 1. The first-order chi connectivity index (χ1) is 16.3. The smallest absolute Gasteiger partial charge is 0.409 e. The molecule has 0 unspecified atom stereocenters. The third-order valence-corrected chi connectivity index (χ3v) is 5.88. The van der Waals surface area contributed by atoms with Gasteiger partial charge in [-0.3, -0.25) is 4.79 Å². The molecule has 10 nitrogen and oxygen atoms in total. The summed E-state index contributed by atoms with van der Waals surface area (Å²) >= 11 is 0. The molecule has 0 aliphatic carbocycles. The minimum absolute atomic E-state index is 0.117. The van der Waals surface area contributed by atoms with Crippen LogP contribution < -0.4 is 5.32 Å². The summed E-state index contributed by atoms with van der Waals surface area (Å²) in [6, 6.07) is 6.64. The Morgan fingerprint density at radius 2 is 2.03 bits per heavy atom. The average Bonchev–Trinajstić information content (AvgIpc) is 3.42. The van der Waals surface area contributed by atoms with Crippen LogP contribution in [0.5, 0.6) is 0 Å². The molecule has 34 heavy (non-hydrogen) atoms. The maximum atomic E-state index is 14.7. The quantitative estimate of drug-likeness (QED) is 0.491. The molecule has 3 aromatic heterocycles. The molecule has 174 valence electrons. The SMILES string of the molecule is COC(=O)N1CC(c2nc(-c3cc(F)c(C)c(NC(=O)c4cnn5ccc(C)cc45)c3)no2)C1. The zero-order valence-corrected chi connectivity index (χ0v) is 18.7. The van der Waals surface area contributed by atoms with E-state index in [1.165, 1.54) is 24.3 Å². The number of anilines is 1. The van der Waals surface area contributed by atoms with Crippen molar-refractivity contribution in [1.29, 1.82) is 0 Å². The van der Waals surface area contributed by atoms with E-state index in [0.29, 0.717) is 41.3 Å². The molecule has 2 amide bonds. The van der Waals surface area contributed by atoms with Crippen molar-refractivity contribution < 1.29 is 23.2 Å². The Bertz CT molecular complexity index is 1420. The number of carbonyl (C=O) groups is 2. The predicted octanol–water partition coefficient (Wildman–Crippen LogP) is 3.56. The van der Waals surface area contributed by atoms with Crippen molar-refractivity contribution in [3.8, 4) is 11.4 Å². The molecular weight excluding hydrogens is 443 g/mol. The minimum atomic E-state index is -0.518. The third-order valence-electron chi connectivity index (χ3n) is 5.88. The maximum absolute atomic E-state index is 14.7. The van der Waals surface area contributed by atoms with Gasteiger partial charge in [0.1, 0.15) is 5.82 Å². The number of benzene rings is 1. The second-order valence-electron chi connectivity index (χ2n) is 8.21. The number of hydrogen-bond acceptors (Lipinski definition) is 7. The number of nitrogens with zero attached hydrogens (tertiary/aromatic N) is 5. The van der Waals surface area contributed by atoms with Crippen LogP contribution in [0, 0.1) is 19.7 Å². The highest BCUT2D eigenvalue weighted by Gasteiger charge is 2.36. The number of aryl methyl sites for hydroxylation is 1. The van der Waals surface area contributed by atoms with Crippen molar-refractivity contribution in [2.75, 3.05) is 25.5 Å². The number of nitrogens with one attached hydrogen (secondary N) is 1. The lowest BCUT2D eigenvalue weighted by molar-refractivity contribution is 0.0804. The van der Waals surface area contributed by atoms with E-state index in [-0.39, 0.29) is 17.3 Å². The van der Waals surface area contributed by atoms with Crippen LogP contribution in [0.4, 0.5) is 14.9 Å². The Balaban J connectivity index is 1.38. The van der Waals surface area contributed by atoms with E-state index < -0.39 is 17.8 Å². The molecule has 0 bridgehead atoms. The fourth-order valence-electron chi connectivity index (χ4n) is 3.82. The molecular formula is C23H21FN6O4. The van der Waals surface area contributed by atoms with Crippen molar-refractivity contribution in [3.63, 3.8) is 0 Å². The van der Waals surface area contributed by atoms with Gasteiger partial charge >= 0.3 is 6.09 Å². The van der Waals surface area contributed by atoms with Gasteiger partial charge in [0.2, 0.25) is 11.7 Å². The van der Waals surface area contributed by atoms with E-state index in [1.807, 2.05) is 19.1 Å². The largest absolute Gasteiger partial charge is 0.453 e. The second-order valence-corrected chi connectivity index (χ2v) is 8.21. The van der Waals surface area contributed by atoms with Gasteiger partial charge in [-0.2, -0.15) is 10.1 Å². The fourth-order valence-corrected chi connectivity index (χ4v) is 3.82. The Morgan fingerprint density at radius 3 is 2.79 bits per heavy atom. The number of likely N-dealkylation sites (tertiary alicyclic amines) is 1. The molecule has 5 rings (SSSR count). The van der Waals surface area contributed by atoms with Crippen molar-refractivity contribution in [3.05, 3.63) is 65.1 Å². The van der Waals surface area contributed by atoms with Crippen molar-refractivity contribution >= 4 is 23.2 Å². The van der Waals surface area contributed by atoms with E-state index in [0.717, 1.165) is 5.56 Å². The predicted molar refractivity (Wildman–Crippen MR) is 119 cm³/mol. The first kappa shape index (κ1) is 21.6. The highest BCUT2D eigenvalue weighted by atomic mass is 19.1. The molecule has 0 radical (unpaired) electrons.